The molecule has 2 aliphatic rings. The Morgan fingerprint density at radius 3 is 2.28 bits per heavy atom. The van der Waals surface area contributed by atoms with Crippen LogP contribution in [0.25, 0.3) is 6.08 Å². The highest BCUT2D eigenvalue weighted by molar-refractivity contribution is 5.83. The maximum absolute atomic E-state index is 14.0. The summed E-state index contributed by atoms with van der Waals surface area (Å²) in [7, 11) is 5.31. The number of aromatic nitrogens is 2. The number of methoxy groups -OCH3 is 1. The van der Waals surface area contributed by atoms with Crippen LogP contribution in [-0.4, -0.2) is 130 Å². The number of carbonyl (C=O) groups is 2. The van der Waals surface area contributed by atoms with Gasteiger partial charge in [-0.05, 0) is 61.1 Å². The third-order valence-electron chi connectivity index (χ3n) is 10.8. The van der Waals surface area contributed by atoms with E-state index in [4.69, 9.17) is 23.7 Å². The van der Waals surface area contributed by atoms with E-state index >= 15 is 0 Å². The quantitative estimate of drug-likeness (QED) is 0.321. The first-order valence-electron chi connectivity index (χ1n) is 17.8. The highest BCUT2D eigenvalue weighted by Gasteiger charge is 2.52. The number of rotatable bonds is 9. The van der Waals surface area contributed by atoms with E-state index in [1.807, 2.05) is 39.8 Å². The maximum atomic E-state index is 14.0. The third-order valence-corrected chi connectivity index (χ3v) is 10.8. The van der Waals surface area contributed by atoms with Crippen LogP contribution in [0.5, 0.6) is 0 Å². The molecule has 0 saturated carbocycles. The zero-order valence-corrected chi connectivity index (χ0v) is 31.7. The molecule has 2 aliphatic heterocycles. The van der Waals surface area contributed by atoms with Gasteiger partial charge in [0, 0.05) is 48.9 Å². The van der Waals surface area contributed by atoms with Crippen LogP contribution in [0.3, 0.4) is 0 Å². The number of ether oxygens (including phenoxy) is 5. The summed E-state index contributed by atoms with van der Waals surface area (Å²) < 4.78 is 31.6. The van der Waals surface area contributed by atoms with Crippen LogP contribution < -0.4 is 0 Å². The summed E-state index contributed by atoms with van der Waals surface area (Å²) in [5.41, 5.74) is -2.34. The van der Waals surface area contributed by atoms with Crippen molar-refractivity contribution in [3.05, 3.63) is 30.4 Å². The molecule has 3 heterocycles. The van der Waals surface area contributed by atoms with Crippen LogP contribution in [0.1, 0.15) is 80.2 Å². The second-order valence-electron chi connectivity index (χ2n) is 15.0. The molecule has 1 aromatic heterocycles. The lowest BCUT2D eigenvalue weighted by Gasteiger charge is -2.48. The molecule has 13 heteroatoms. The van der Waals surface area contributed by atoms with Crippen molar-refractivity contribution in [2.75, 3.05) is 27.8 Å². The number of cyclic esters (lactones) is 1. The van der Waals surface area contributed by atoms with E-state index in [1.54, 1.807) is 52.2 Å². The number of esters is 1. The van der Waals surface area contributed by atoms with Crippen LogP contribution in [0.4, 0.5) is 0 Å². The topological polar surface area (TPSA) is 170 Å². The molecule has 0 radical (unpaired) electrons. The number of hydrogen-bond acceptors (Lipinski definition) is 13. The van der Waals surface area contributed by atoms with Crippen LogP contribution in [0, 0.1) is 23.7 Å². The maximum Gasteiger partial charge on any atom is 0.311 e. The minimum absolute atomic E-state index is 0.0975. The Balaban J connectivity index is 2.14. The van der Waals surface area contributed by atoms with E-state index in [9.17, 15) is 24.9 Å². The van der Waals surface area contributed by atoms with Gasteiger partial charge in [-0.1, -0.05) is 39.8 Å². The molecule has 0 aliphatic carbocycles. The first kappa shape index (κ1) is 42.1. The smallest absolute Gasteiger partial charge is 0.311 e. The average Bonchev–Trinajstić information content (AvgIpc) is 3.08. The first-order chi connectivity index (χ1) is 23.4. The lowest BCUT2D eigenvalue weighted by molar-refractivity contribution is -0.302. The van der Waals surface area contributed by atoms with Crippen molar-refractivity contribution in [3.8, 4) is 0 Å². The van der Waals surface area contributed by atoms with Gasteiger partial charge < -0.3 is 43.9 Å². The number of aliphatic hydroxyl groups is 3. The Morgan fingerprint density at radius 2 is 1.70 bits per heavy atom. The number of aliphatic hydroxyl groups excluding tert-OH is 2. The molecule has 3 N–H and O–H groups in total. The van der Waals surface area contributed by atoms with Crippen LogP contribution >= 0.6 is 0 Å². The Bertz CT molecular complexity index is 1270. The summed E-state index contributed by atoms with van der Waals surface area (Å²) in [6, 6.07) is -0.249. The van der Waals surface area contributed by atoms with Crippen LogP contribution in [0.15, 0.2) is 24.8 Å². The fraction of sp³-hybridized carbons (Fsp3) is 0.784. The SMILES string of the molecule is CC[C@H]1OC(=O)[C@H](C)[C@@H](OC/C=C/c2cncnc2)[C@H](C)[C@@H](O[C@@H]2O[C@H](C)C[C@H](N(C)C)[C@H]2O)[C@](C)(OC)C[C@@H](C)C(=O)[C@H](C)[C@@H](O)[C@]1(C)O. The number of likely N-dealkylation sites (N-methyl/N-ethyl adjacent to an activating group) is 1. The molecule has 0 spiro atoms. The van der Waals surface area contributed by atoms with Gasteiger partial charge in [-0.15, -0.1) is 0 Å². The molecule has 0 bridgehead atoms. The third kappa shape index (κ3) is 9.74. The minimum Gasteiger partial charge on any atom is -0.459 e. The Kier molecular flexibility index (Phi) is 15.1. The average molecular weight is 708 g/mol. The molecule has 50 heavy (non-hydrogen) atoms. The van der Waals surface area contributed by atoms with E-state index in [0.29, 0.717) is 6.42 Å². The molecule has 284 valence electrons. The first-order valence-corrected chi connectivity index (χ1v) is 17.8. The summed E-state index contributed by atoms with van der Waals surface area (Å²) >= 11 is 0. The van der Waals surface area contributed by atoms with Gasteiger partial charge >= 0.3 is 5.97 Å². The highest BCUT2D eigenvalue weighted by Crippen LogP contribution is 2.40. The van der Waals surface area contributed by atoms with Crippen molar-refractivity contribution in [2.45, 2.75) is 135 Å². The Hall–Kier alpha value is -2.36. The van der Waals surface area contributed by atoms with Crippen molar-refractivity contribution >= 4 is 17.8 Å². The van der Waals surface area contributed by atoms with E-state index in [1.165, 1.54) is 20.4 Å². The summed E-state index contributed by atoms with van der Waals surface area (Å²) in [4.78, 5) is 37.9. The van der Waals surface area contributed by atoms with Crippen molar-refractivity contribution in [1.29, 1.82) is 0 Å². The monoisotopic (exact) mass is 707 g/mol. The summed E-state index contributed by atoms with van der Waals surface area (Å²) in [5.74, 6) is -4.08. The van der Waals surface area contributed by atoms with E-state index in [2.05, 4.69) is 9.97 Å². The van der Waals surface area contributed by atoms with Crippen LogP contribution in [0.2, 0.25) is 0 Å². The summed E-state index contributed by atoms with van der Waals surface area (Å²) in [6.07, 6.45) is 2.64. The highest BCUT2D eigenvalue weighted by atomic mass is 16.7. The molecular formula is C37H61N3O10. The number of ketones is 1. The number of hydrogen-bond donors (Lipinski definition) is 3. The predicted molar refractivity (Wildman–Crippen MR) is 187 cm³/mol. The number of Topliss-reactive ketones (excluding diaryl/α,β-unsaturated/α-hetero) is 1. The molecule has 0 aromatic carbocycles. The fourth-order valence-electron chi connectivity index (χ4n) is 7.62. The van der Waals surface area contributed by atoms with E-state index in [0.717, 1.165) is 5.56 Å². The Morgan fingerprint density at radius 1 is 1.06 bits per heavy atom. The van der Waals surface area contributed by atoms with Crippen LogP contribution in [-0.2, 0) is 33.3 Å². The fourth-order valence-corrected chi connectivity index (χ4v) is 7.62. The van der Waals surface area contributed by atoms with Gasteiger partial charge in [0.25, 0.3) is 0 Å². The predicted octanol–water partition coefficient (Wildman–Crippen LogP) is 3.04. The standard InChI is InChI=1S/C37H61N3O10/c1-12-28-37(8,45)32(43)23(4)29(41)21(2)17-36(7,46-11)33(50-35-30(42)27(40(9)10)16-22(3)48-35)24(5)31(25(6)34(44)49-28)47-15-13-14-26-18-38-20-39-19-26/h13-14,18-25,27-28,30-33,35,42-43,45H,12,15-17H2,1-11H3/b14-13+/t21-,22-,23+,24+,25-,27+,28-,30-,31+,32-,33-,35+,36-,37-/m1/s1. The zero-order valence-electron chi connectivity index (χ0n) is 31.7. The van der Waals surface area contributed by atoms with Gasteiger partial charge in [0.15, 0.2) is 6.29 Å². The van der Waals surface area contributed by atoms with Crippen molar-refractivity contribution < 1.29 is 48.6 Å². The van der Waals surface area contributed by atoms with Gasteiger partial charge in [-0.2, -0.15) is 0 Å². The van der Waals surface area contributed by atoms with E-state index < -0.39 is 77.7 Å². The van der Waals surface area contributed by atoms with Gasteiger partial charge in [0.05, 0.1) is 42.5 Å². The van der Waals surface area contributed by atoms with E-state index in [-0.39, 0.29) is 37.4 Å². The molecule has 3 rings (SSSR count). The number of carbonyl (C=O) groups excluding carboxylic acids is 2. The largest absolute Gasteiger partial charge is 0.459 e. The zero-order chi connectivity index (χ0) is 37.6. The van der Waals surface area contributed by atoms with Gasteiger partial charge in [-0.3, -0.25) is 9.59 Å². The van der Waals surface area contributed by atoms with Crippen molar-refractivity contribution in [3.63, 3.8) is 0 Å². The van der Waals surface area contributed by atoms with Gasteiger partial charge in [0.1, 0.15) is 29.9 Å². The lowest BCUT2D eigenvalue weighted by atomic mass is 9.74. The lowest BCUT2D eigenvalue weighted by Crippen LogP contribution is -2.60. The molecule has 0 unspecified atom stereocenters. The second-order valence-corrected chi connectivity index (χ2v) is 15.0. The minimum atomic E-state index is -1.92. The summed E-state index contributed by atoms with van der Waals surface area (Å²) in [6.45, 7) is 13.9. The van der Waals surface area contributed by atoms with Gasteiger partial charge in [-0.25, -0.2) is 9.97 Å². The van der Waals surface area contributed by atoms with Gasteiger partial charge in [0.2, 0.25) is 0 Å². The van der Waals surface area contributed by atoms with Crippen molar-refractivity contribution in [1.82, 2.24) is 14.9 Å². The molecule has 2 fully saturated rings. The molecule has 1 aromatic rings. The molecule has 14 atom stereocenters. The second kappa shape index (κ2) is 17.9. The molecule has 2 saturated heterocycles. The van der Waals surface area contributed by atoms with Crippen molar-refractivity contribution in [2.24, 2.45) is 23.7 Å². The molecule has 0 amide bonds. The normalized spacial score (nSPS) is 41.3. The Labute approximate surface area is 297 Å². The molecule has 13 nitrogen and oxygen atoms in total. The molecular weight excluding hydrogens is 646 g/mol. The number of nitrogens with zero attached hydrogens (tertiary/aromatic N) is 3. The summed E-state index contributed by atoms with van der Waals surface area (Å²) in [5, 5.41) is 34.4.